The van der Waals surface area contributed by atoms with Crippen LogP contribution >= 0.6 is 0 Å². The molecule has 2 amide bonds. The van der Waals surface area contributed by atoms with Gasteiger partial charge in [-0.1, -0.05) is 12.2 Å². The minimum atomic E-state index is -1.15. The molecule has 2 fully saturated rings. The van der Waals surface area contributed by atoms with E-state index < -0.39 is 35.4 Å². The summed E-state index contributed by atoms with van der Waals surface area (Å²) in [6.45, 7) is 3.19. The highest BCUT2D eigenvalue weighted by Gasteiger charge is 2.67. The minimum absolute atomic E-state index is 0.175. The highest BCUT2D eigenvalue weighted by Crippen LogP contribution is 2.53. The van der Waals surface area contributed by atoms with Crippen LogP contribution in [0.2, 0.25) is 0 Å². The van der Waals surface area contributed by atoms with Gasteiger partial charge in [0.25, 0.3) is 0 Å². The Kier molecular flexibility index (Phi) is 3.75. The van der Waals surface area contributed by atoms with Gasteiger partial charge in [-0.25, -0.2) is 4.90 Å². The van der Waals surface area contributed by atoms with Crippen LogP contribution in [0.5, 0.6) is 5.75 Å². The normalized spacial score (nSPS) is 31.7. The summed E-state index contributed by atoms with van der Waals surface area (Å²) >= 11 is 0. The molecule has 7 nitrogen and oxygen atoms in total. The van der Waals surface area contributed by atoms with Gasteiger partial charge in [0, 0.05) is 5.56 Å². The SMILES string of the molecule is CCOc1ccc(C(C)=O)cc1N1C(=O)[C@@H]2[C@@H]3C=C[C@@](CO)(O3)[C@@H]2C1=O. The standard InChI is InChI=1S/C19H19NO6/c1-3-25-13-5-4-11(10(2)22)8-12(13)20-17(23)15-14-6-7-19(9-21,26-14)16(15)18(20)24/h4-8,14-16,21H,3,9H2,1-2H3/t14-,15+,16-,19-/m0/s1. The van der Waals surface area contributed by atoms with Gasteiger partial charge in [-0.2, -0.15) is 0 Å². The van der Waals surface area contributed by atoms with Crippen molar-refractivity contribution in [1.29, 1.82) is 0 Å². The van der Waals surface area contributed by atoms with Crippen LogP contribution in [0.15, 0.2) is 30.4 Å². The number of nitrogens with zero attached hydrogens (tertiary/aromatic N) is 1. The van der Waals surface area contributed by atoms with Gasteiger partial charge >= 0.3 is 0 Å². The molecule has 3 heterocycles. The highest BCUT2D eigenvalue weighted by molar-refractivity contribution is 6.24. The molecule has 0 aromatic heterocycles. The number of Topliss-reactive ketones (excluding diaryl/α,β-unsaturated/α-hetero) is 1. The number of benzene rings is 1. The Hall–Kier alpha value is -2.51. The van der Waals surface area contributed by atoms with Crippen LogP contribution in [0.3, 0.4) is 0 Å². The summed E-state index contributed by atoms with van der Waals surface area (Å²) in [4.78, 5) is 39.0. The van der Waals surface area contributed by atoms with Crippen molar-refractivity contribution in [2.45, 2.75) is 25.6 Å². The van der Waals surface area contributed by atoms with Crippen molar-refractivity contribution in [2.24, 2.45) is 11.8 Å². The molecule has 4 rings (SSSR count). The van der Waals surface area contributed by atoms with Crippen LogP contribution in [0.4, 0.5) is 5.69 Å². The predicted octanol–water partition coefficient (Wildman–Crippen LogP) is 1.09. The molecule has 0 aliphatic carbocycles. The molecule has 4 atom stereocenters. The summed E-state index contributed by atoms with van der Waals surface area (Å²) in [5.41, 5.74) is -0.507. The van der Waals surface area contributed by atoms with E-state index in [2.05, 4.69) is 0 Å². The first-order valence-electron chi connectivity index (χ1n) is 8.57. The number of hydrogen-bond donors (Lipinski definition) is 1. The maximum atomic E-state index is 13.1. The molecule has 136 valence electrons. The average Bonchev–Trinajstić information content (AvgIpc) is 3.27. The maximum Gasteiger partial charge on any atom is 0.241 e. The van der Waals surface area contributed by atoms with Gasteiger partial charge in [0.05, 0.1) is 36.8 Å². The van der Waals surface area contributed by atoms with Crippen molar-refractivity contribution in [3.63, 3.8) is 0 Å². The summed E-state index contributed by atoms with van der Waals surface area (Å²) in [5, 5.41) is 9.78. The lowest BCUT2D eigenvalue weighted by Crippen LogP contribution is -2.43. The van der Waals surface area contributed by atoms with E-state index in [1.807, 2.05) is 0 Å². The van der Waals surface area contributed by atoms with Crippen LogP contribution < -0.4 is 9.64 Å². The lowest BCUT2D eigenvalue weighted by atomic mass is 9.77. The number of carbonyl (C=O) groups is 3. The van der Waals surface area contributed by atoms with Crippen molar-refractivity contribution in [1.82, 2.24) is 0 Å². The molecule has 7 heteroatoms. The number of aliphatic hydroxyl groups is 1. The number of hydrogen-bond acceptors (Lipinski definition) is 6. The Balaban J connectivity index is 1.80. The molecule has 2 saturated heterocycles. The molecule has 3 aliphatic rings. The highest BCUT2D eigenvalue weighted by atomic mass is 16.5. The number of anilines is 1. The lowest BCUT2D eigenvalue weighted by molar-refractivity contribution is -0.128. The Morgan fingerprint density at radius 2 is 2.12 bits per heavy atom. The molecule has 2 bridgehead atoms. The summed E-state index contributed by atoms with van der Waals surface area (Å²) in [6.07, 6.45) is 2.87. The lowest BCUT2D eigenvalue weighted by Gasteiger charge is -2.27. The zero-order valence-corrected chi connectivity index (χ0v) is 14.5. The predicted molar refractivity (Wildman–Crippen MR) is 90.9 cm³/mol. The van der Waals surface area contributed by atoms with Crippen LogP contribution in [0.25, 0.3) is 0 Å². The number of aliphatic hydroxyl groups excluding tert-OH is 1. The van der Waals surface area contributed by atoms with E-state index >= 15 is 0 Å². The fraction of sp³-hybridized carbons (Fsp3) is 0.421. The second kappa shape index (κ2) is 5.75. The molecule has 0 saturated carbocycles. The quantitative estimate of drug-likeness (QED) is 0.482. The summed E-state index contributed by atoms with van der Waals surface area (Å²) in [5.74, 6) is -2.10. The molecule has 0 radical (unpaired) electrons. The van der Waals surface area contributed by atoms with Crippen molar-refractivity contribution >= 4 is 23.3 Å². The van der Waals surface area contributed by atoms with Crippen LogP contribution in [0.1, 0.15) is 24.2 Å². The largest absolute Gasteiger partial charge is 0.492 e. The number of ketones is 1. The van der Waals surface area contributed by atoms with Gasteiger partial charge in [0.15, 0.2) is 5.78 Å². The Labute approximate surface area is 150 Å². The molecule has 26 heavy (non-hydrogen) atoms. The maximum absolute atomic E-state index is 13.1. The average molecular weight is 357 g/mol. The number of amides is 2. The van der Waals surface area contributed by atoms with Gasteiger partial charge in [-0.3, -0.25) is 14.4 Å². The fourth-order valence-electron chi connectivity index (χ4n) is 4.11. The van der Waals surface area contributed by atoms with E-state index in [1.54, 1.807) is 31.2 Å². The van der Waals surface area contributed by atoms with Gasteiger partial charge in [-0.05, 0) is 32.0 Å². The molecule has 1 N–H and O–H groups in total. The number of ether oxygens (including phenoxy) is 2. The Morgan fingerprint density at radius 3 is 2.77 bits per heavy atom. The first-order valence-corrected chi connectivity index (χ1v) is 8.57. The first-order chi connectivity index (χ1) is 12.4. The molecular formula is C19H19NO6. The smallest absolute Gasteiger partial charge is 0.241 e. The van der Waals surface area contributed by atoms with Crippen molar-refractivity contribution < 1.29 is 29.0 Å². The van der Waals surface area contributed by atoms with Crippen molar-refractivity contribution in [3.05, 3.63) is 35.9 Å². The van der Waals surface area contributed by atoms with Gasteiger partial charge in [0.1, 0.15) is 11.4 Å². The van der Waals surface area contributed by atoms with Crippen molar-refractivity contribution in [2.75, 3.05) is 18.1 Å². The second-order valence-electron chi connectivity index (χ2n) is 6.74. The number of rotatable bonds is 5. The molecule has 0 spiro atoms. The zero-order valence-electron chi connectivity index (χ0n) is 14.5. The van der Waals surface area contributed by atoms with E-state index in [4.69, 9.17) is 9.47 Å². The van der Waals surface area contributed by atoms with E-state index in [1.165, 1.54) is 13.0 Å². The molecule has 0 unspecified atom stereocenters. The second-order valence-corrected chi connectivity index (χ2v) is 6.74. The van der Waals surface area contributed by atoms with E-state index in [0.717, 1.165) is 4.90 Å². The van der Waals surface area contributed by atoms with E-state index in [-0.39, 0.29) is 18.1 Å². The third-order valence-corrected chi connectivity index (χ3v) is 5.31. The molecular weight excluding hydrogens is 338 g/mol. The summed E-state index contributed by atoms with van der Waals surface area (Å²) in [7, 11) is 0. The van der Waals surface area contributed by atoms with Crippen LogP contribution in [0, 0.1) is 11.8 Å². The summed E-state index contributed by atoms with van der Waals surface area (Å²) in [6, 6.07) is 4.70. The number of fused-ring (bicyclic) bond motifs is 5. The molecule has 1 aromatic rings. The number of imide groups is 1. The monoisotopic (exact) mass is 357 g/mol. The Bertz CT molecular complexity index is 846. The molecule has 1 aromatic carbocycles. The van der Waals surface area contributed by atoms with E-state index in [0.29, 0.717) is 17.9 Å². The fourth-order valence-corrected chi connectivity index (χ4v) is 4.11. The van der Waals surface area contributed by atoms with E-state index in [9.17, 15) is 19.5 Å². The topological polar surface area (TPSA) is 93.1 Å². The Morgan fingerprint density at radius 1 is 1.35 bits per heavy atom. The van der Waals surface area contributed by atoms with Gasteiger partial charge < -0.3 is 14.6 Å². The number of carbonyl (C=O) groups excluding carboxylic acids is 3. The van der Waals surface area contributed by atoms with Crippen LogP contribution in [-0.2, 0) is 14.3 Å². The third kappa shape index (κ3) is 2.10. The first kappa shape index (κ1) is 16.9. The summed E-state index contributed by atoms with van der Waals surface area (Å²) < 4.78 is 11.3. The zero-order chi connectivity index (χ0) is 18.6. The van der Waals surface area contributed by atoms with Gasteiger partial charge in [-0.15, -0.1) is 0 Å². The minimum Gasteiger partial charge on any atom is -0.492 e. The van der Waals surface area contributed by atoms with Crippen LogP contribution in [-0.4, -0.2) is 47.6 Å². The van der Waals surface area contributed by atoms with Crippen molar-refractivity contribution in [3.8, 4) is 5.75 Å². The third-order valence-electron chi connectivity index (χ3n) is 5.31. The van der Waals surface area contributed by atoms with Gasteiger partial charge in [0.2, 0.25) is 11.8 Å². The molecule has 3 aliphatic heterocycles.